The minimum Gasteiger partial charge on any atom is -0.326 e. The summed E-state index contributed by atoms with van der Waals surface area (Å²) in [5.41, 5.74) is 2.24. The summed E-state index contributed by atoms with van der Waals surface area (Å²) >= 11 is 5.81. The predicted molar refractivity (Wildman–Crippen MR) is 120 cm³/mol. The van der Waals surface area contributed by atoms with Crippen molar-refractivity contribution in [1.82, 2.24) is 4.72 Å². The number of nitrogens with one attached hydrogen (secondary N) is 2. The van der Waals surface area contributed by atoms with Crippen molar-refractivity contribution in [2.75, 3.05) is 16.8 Å². The molecule has 0 unspecified atom stereocenters. The van der Waals surface area contributed by atoms with E-state index in [9.17, 15) is 18.0 Å². The molecule has 1 fully saturated rings. The first kappa shape index (κ1) is 21.8. The van der Waals surface area contributed by atoms with Gasteiger partial charge in [0.25, 0.3) is 0 Å². The second-order valence-electron chi connectivity index (χ2n) is 8.03. The lowest BCUT2D eigenvalue weighted by molar-refractivity contribution is -0.120. The molecule has 1 heterocycles. The molecule has 9 heteroatoms. The van der Waals surface area contributed by atoms with Crippen LogP contribution in [0, 0.1) is 5.92 Å². The lowest BCUT2D eigenvalue weighted by atomic mass is 10.1. The van der Waals surface area contributed by atoms with Gasteiger partial charge in [-0.15, -0.1) is 0 Å². The number of hydrogen-bond acceptors (Lipinski definition) is 4. The van der Waals surface area contributed by atoms with Crippen molar-refractivity contribution >= 4 is 44.8 Å². The summed E-state index contributed by atoms with van der Waals surface area (Å²) in [5.74, 6) is -0.0637. The Hall–Kier alpha value is -2.42. The van der Waals surface area contributed by atoms with E-state index in [-0.39, 0.29) is 41.6 Å². The van der Waals surface area contributed by atoms with E-state index in [1.807, 2.05) is 6.92 Å². The largest absolute Gasteiger partial charge is 0.326 e. The van der Waals surface area contributed by atoms with Crippen LogP contribution in [-0.4, -0.2) is 32.8 Å². The topological polar surface area (TPSA) is 95.6 Å². The zero-order chi connectivity index (χ0) is 22.2. The van der Waals surface area contributed by atoms with Gasteiger partial charge in [0, 0.05) is 41.3 Å². The van der Waals surface area contributed by atoms with E-state index >= 15 is 0 Å². The molecule has 0 spiro atoms. The van der Waals surface area contributed by atoms with Crippen LogP contribution in [0.15, 0.2) is 47.4 Å². The van der Waals surface area contributed by atoms with E-state index in [2.05, 4.69) is 10.0 Å². The van der Waals surface area contributed by atoms with Gasteiger partial charge >= 0.3 is 0 Å². The van der Waals surface area contributed by atoms with Gasteiger partial charge in [0.1, 0.15) is 0 Å². The summed E-state index contributed by atoms with van der Waals surface area (Å²) in [7, 11) is -3.77. The molecule has 2 aromatic rings. The van der Waals surface area contributed by atoms with Gasteiger partial charge in [0.2, 0.25) is 21.8 Å². The van der Waals surface area contributed by atoms with E-state index in [0.717, 1.165) is 24.1 Å². The summed E-state index contributed by atoms with van der Waals surface area (Å²) in [6.45, 7) is 1.95. The van der Waals surface area contributed by atoms with E-state index in [0.29, 0.717) is 17.1 Å². The molecule has 1 atom stereocenters. The van der Waals surface area contributed by atoms with Crippen LogP contribution in [0.25, 0.3) is 0 Å². The molecule has 2 aromatic carbocycles. The van der Waals surface area contributed by atoms with Crippen LogP contribution in [-0.2, 0) is 26.0 Å². The highest BCUT2D eigenvalue weighted by Gasteiger charge is 2.39. The summed E-state index contributed by atoms with van der Waals surface area (Å²) in [6.07, 6.45) is 2.48. The van der Waals surface area contributed by atoms with Gasteiger partial charge in [-0.05, 0) is 74.2 Å². The van der Waals surface area contributed by atoms with Gasteiger partial charge in [-0.1, -0.05) is 11.6 Å². The standard InChI is InChI=1S/C22H24ClN3O4S/c1-14-12-16-13-19(8-9-20(16)26(14)22(28)15-2-3-15)31(29,30)24-11-10-21(27)25-18-6-4-17(23)5-7-18/h4-9,13-15,24H,2-3,10-12H2,1H3,(H,25,27)/t14-/m0/s1. The molecule has 1 saturated carbocycles. The number of sulfonamides is 1. The molecular weight excluding hydrogens is 438 g/mol. The SMILES string of the molecule is C[C@H]1Cc2cc(S(=O)(=O)NCCC(=O)Nc3ccc(Cl)cc3)ccc2N1C(=O)C1CC1. The Morgan fingerprint density at radius 3 is 2.52 bits per heavy atom. The molecule has 7 nitrogen and oxygen atoms in total. The van der Waals surface area contributed by atoms with Crippen molar-refractivity contribution in [3.8, 4) is 0 Å². The minimum absolute atomic E-state index is 0.00645. The molecule has 1 aliphatic carbocycles. The highest BCUT2D eigenvalue weighted by atomic mass is 35.5. The van der Waals surface area contributed by atoms with Crippen molar-refractivity contribution in [2.24, 2.45) is 5.92 Å². The van der Waals surface area contributed by atoms with Crippen LogP contribution in [0.2, 0.25) is 5.02 Å². The maximum Gasteiger partial charge on any atom is 0.240 e. The van der Waals surface area contributed by atoms with Gasteiger partial charge < -0.3 is 10.2 Å². The summed E-state index contributed by atoms with van der Waals surface area (Å²) in [4.78, 5) is 26.6. The van der Waals surface area contributed by atoms with Gasteiger partial charge in [0.15, 0.2) is 0 Å². The number of benzene rings is 2. The van der Waals surface area contributed by atoms with Gasteiger partial charge in [-0.3, -0.25) is 9.59 Å². The first-order chi connectivity index (χ1) is 14.7. The Morgan fingerprint density at radius 1 is 1.13 bits per heavy atom. The van der Waals surface area contributed by atoms with Crippen molar-refractivity contribution in [3.05, 3.63) is 53.1 Å². The molecular formula is C22H24ClN3O4S. The third-order valence-corrected chi connectivity index (χ3v) is 7.22. The number of hydrogen-bond donors (Lipinski definition) is 2. The molecule has 31 heavy (non-hydrogen) atoms. The summed E-state index contributed by atoms with van der Waals surface area (Å²) in [5, 5.41) is 3.26. The molecule has 1 aliphatic heterocycles. The summed E-state index contributed by atoms with van der Waals surface area (Å²) < 4.78 is 27.8. The molecule has 164 valence electrons. The van der Waals surface area contributed by atoms with Crippen molar-refractivity contribution in [2.45, 2.75) is 43.5 Å². The molecule has 0 radical (unpaired) electrons. The lowest BCUT2D eigenvalue weighted by Crippen LogP contribution is -2.36. The number of fused-ring (bicyclic) bond motifs is 1. The molecule has 0 saturated heterocycles. The molecule has 0 bridgehead atoms. The first-order valence-corrected chi connectivity index (χ1v) is 12.1. The van der Waals surface area contributed by atoms with Crippen LogP contribution in [0.4, 0.5) is 11.4 Å². The molecule has 2 N–H and O–H groups in total. The number of anilines is 2. The number of nitrogens with zero attached hydrogens (tertiary/aromatic N) is 1. The Morgan fingerprint density at radius 2 is 1.84 bits per heavy atom. The predicted octanol–water partition coefficient (Wildman–Crippen LogP) is 3.33. The smallest absolute Gasteiger partial charge is 0.240 e. The number of carbonyl (C=O) groups excluding carboxylic acids is 2. The number of rotatable bonds is 7. The van der Waals surface area contributed by atoms with Crippen LogP contribution in [0.1, 0.15) is 31.7 Å². The number of carbonyl (C=O) groups is 2. The monoisotopic (exact) mass is 461 g/mol. The average molecular weight is 462 g/mol. The Labute approximate surface area is 186 Å². The zero-order valence-corrected chi connectivity index (χ0v) is 18.7. The normalized spacial score (nSPS) is 18.0. The zero-order valence-electron chi connectivity index (χ0n) is 17.1. The Balaban J connectivity index is 1.37. The first-order valence-electron chi connectivity index (χ1n) is 10.3. The van der Waals surface area contributed by atoms with Gasteiger partial charge in [-0.25, -0.2) is 13.1 Å². The van der Waals surface area contributed by atoms with Gasteiger partial charge in [0.05, 0.1) is 4.90 Å². The fourth-order valence-electron chi connectivity index (χ4n) is 3.78. The molecule has 2 aliphatic rings. The molecule has 2 amide bonds. The lowest BCUT2D eigenvalue weighted by Gasteiger charge is -2.22. The Kier molecular flexibility index (Phi) is 6.05. The molecule has 4 rings (SSSR count). The van der Waals surface area contributed by atoms with E-state index in [1.165, 1.54) is 6.07 Å². The Bertz CT molecular complexity index is 1110. The van der Waals surface area contributed by atoms with E-state index < -0.39 is 10.0 Å². The quantitative estimate of drug-likeness (QED) is 0.661. The minimum atomic E-state index is -3.77. The summed E-state index contributed by atoms with van der Waals surface area (Å²) in [6, 6.07) is 11.5. The van der Waals surface area contributed by atoms with Crippen molar-refractivity contribution in [3.63, 3.8) is 0 Å². The van der Waals surface area contributed by atoms with Crippen LogP contribution >= 0.6 is 11.6 Å². The fraction of sp³-hybridized carbons (Fsp3) is 0.364. The van der Waals surface area contributed by atoms with Gasteiger partial charge in [-0.2, -0.15) is 0 Å². The number of amides is 2. The van der Waals surface area contributed by atoms with E-state index in [1.54, 1.807) is 41.3 Å². The second-order valence-corrected chi connectivity index (χ2v) is 10.2. The van der Waals surface area contributed by atoms with Crippen molar-refractivity contribution in [1.29, 1.82) is 0 Å². The van der Waals surface area contributed by atoms with Crippen molar-refractivity contribution < 1.29 is 18.0 Å². The number of halogens is 1. The maximum absolute atomic E-state index is 12.7. The van der Waals surface area contributed by atoms with E-state index in [4.69, 9.17) is 11.6 Å². The van der Waals surface area contributed by atoms with Crippen LogP contribution in [0.3, 0.4) is 0 Å². The second kappa shape index (κ2) is 8.61. The maximum atomic E-state index is 12.7. The van der Waals surface area contributed by atoms with Crippen LogP contribution in [0.5, 0.6) is 0 Å². The fourth-order valence-corrected chi connectivity index (χ4v) is 4.98. The highest BCUT2D eigenvalue weighted by molar-refractivity contribution is 7.89. The third-order valence-electron chi connectivity index (χ3n) is 5.51. The van der Waals surface area contributed by atoms with Crippen LogP contribution < -0.4 is 14.9 Å². The average Bonchev–Trinajstić information content (AvgIpc) is 3.51. The highest BCUT2D eigenvalue weighted by Crippen LogP contribution is 2.39. The molecule has 0 aromatic heterocycles. The third kappa shape index (κ3) is 4.92.